The van der Waals surface area contributed by atoms with Crippen LogP contribution in [0.4, 0.5) is 18.9 Å². The van der Waals surface area contributed by atoms with Crippen molar-refractivity contribution in [3.8, 4) is 0 Å². The molecular formula is C21H20F3N3O2. The van der Waals surface area contributed by atoms with Crippen LogP contribution >= 0.6 is 0 Å². The predicted octanol–water partition coefficient (Wildman–Crippen LogP) is 3.65. The van der Waals surface area contributed by atoms with Crippen LogP contribution in [0.25, 0.3) is 0 Å². The number of amides is 2. The van der Waals surface area contributed by atoms with Crippen LogP contribution in [0.3, 0.4) is 0 Å². The number of alkyl halides is 3. The van der Waals surface area contributed by atoms with Crippen LogP contribution in [0.5, 0.6) is 0 Å². The number of fused-ring (bicyclic) bond motifs is 2. The molecule has 5 nitrogen and oxygen atoms in total. The lowest BCUT2D eigenvalue weighted by Crippen LogP contribution is -2.50. The molecule has 0 aromatic heterocycles. The highest BCUT2D eigenvalue weighted by atomic mass is 19.4. The number of anilines is 1. The molecule has 0 bridgehead atoms. The first-order valence-corrected chi connectivity index (χ1v) is 9.38. The van der Waals surface area contributed by atoms with E-state index in [0.29, 0.717) is 23.4 Å². The fourth-order valence-electron chi connectivity index (χ4n) is 4.08. The Morgan fingerprint density at radius 1 is 1.21 bits per heavy atom. The first kappa shape index (κ1) is 19.3. The van der Waals surface area contributed by atoms with Gasteiger partial charge in [-0.1, -0.05) is 18.2 Å². The summed E-state index contributed by atoms with van der Waals surface area (Å²) >= 11 is 0. The Balaban J connectivity index is 1.54. The summed E-state index contributed by atoms with van der Waals surface area (Å²) in [6, 6.07) is 9.94. The molecule has 2 heterocycles. The molecule has 0 radical (unpaired) electrons. The average Bonchev–Trinajstić information content (AvgIpc) is 3.20. The summed E-state index contributed by atoms with van der Waals surface area (Å²) in [5.41, 5.74) is 0.739. The number of hydrogen-bond donors (Lipinski definition) is 1. The van der Waals surface area contributed by atoms with Crippen LogP contribution in [-0.2, 0) is 12.7 Å². The lowest BCUT2D eigenvalue weighted by molar-refractivity contribution is -0.138. The molecule has 0 unspecified atom stereocenters. The second-order valence-corrected chi connectivity index (χ2v) is 7.30. The maximum Gasteiger partial charge on any atom is 0.416 e. The highest BCUT2D eigenvalue weighted by Crippen LogP contribution is 2.35. The molecule has 2 amide bonds. The maximum absolute atomic E-state index is 13.1. The monoisotopic (exact) mass is 403 g/mol. The highest BCUT2D eigenvalue weighted by molar-refractivity contribution is 6.04. The van der Waals surface area contributed by atoms with Crippen molar-refractivity contribution in [3.63, 3.8) is 0 Å². The van der Waals surface area contributed by atoms with Crippen LogP contribution in [0.2, 0.25) is 0 Å². The average molecular weight is 403 g/mol. The van der Waals surface area contributed by atoms with Gasteiger partial charge in [-0.15, -0.1) is 0 Å². The molecule has 8 heteroatoms. The standard InChI is InChI=1S/C21H20F3N3O2/c1-26-17-11-13(8-9-15(17)20(29)27-10-4-7-18(26)27)19(28)25-12-14-5-2-3-6-16(14)21(22,23)24/h2-3,5-6,8-9,11,18H,4,7,10,12H2,1H3,(H,25,28)/t18-/m1/s1. The number of nitrogens with zero attached hydrogens (tertiary/aromatic N) is 2. The van der Waals surface area contributed by atoms with Crippen molar-refractivity contribution < 1.29 is 22.8 Å². The molecule has 2 aromatic rings. The lowest BCUT2D eigenvalue weighted by Gasteiger charge is -2.40. The van der Waals surface area contributed by atoms with Crippen LogP contribution in [0.1, 0.15) is 44.7 Å². The number of nitrogens with one attached hydrogen (secondary N) is 1. The topological polar surface area (TPSA) is 52.7 Å². The minimum atomic E-state index is -4.48. The molecular weight excluding hydrogens is 383 g/mol. The quantitative estimate of drug-likeness (QED) is 0.851. The van der Waals surface area contributed by atoms with Gasteiger partial charge in [-0.2, -0.15) is 13.2 Å². The summed E-state index contributed by atoms with van der Waals surface area (Å²) in [5, 5.41) is 2.55. The second-order valence-electron chi connectivity index (χ2n) is 7.30. The SMILES string of the molecule is CN1c2cc(C(=O)NCc3ccccc3C(F)(F)F)ccc2C(=O)N2CCC[C@@H]21. The van der Waals surface area contributed by atoms with E-state index in [-0.39, 0.29) is 24.2 Å². The van der Waals surface area contributed by atoms with Gasteiger partial charge in [-0.3, -0.25) is 9.59 Å². The van der Waals surface area contributed by atoms with Crippen LogP contribution in [0.15, 0.2) is 42.5 Å². The lowest BCUT2D eigenvalue weighted by atomic mass is 10.0. The Bertz CT molecular complexity index is 974. The Morgan fingerprint density at radius 2 is 1.97 bits per heavy atom. The zero-order chi connectivity index (χ0) is 20.8. The van der Waals surface area contributed by atoms with Crippen molar-refractivity contribution in [1.82, 2.24) is 10.2 Å². The predicted molar refractivity (Wildman–Crippen MR) is 102 cm³/mol. The number of rotatable bonds is 3. The molecule has 0 spiro atoms. The minimum Gasteiger partial charge on any atom is -0.354 e. The molecule has 1 fully saturated rings. The third-order valence-electron chi connectivity index (χ3n) is 5.56. The van der Waals surface area contributed by atoms with E-state index in [4.69, 9.17) is 0 Å². The summed E-state index contributed by atoms with van der Waals surface area (Å²) in [5.74, 6) is -0.536. The van der Waals surface area contributed by atoms with Crippen LogP contribution < -0.4 is 10.2 Å². The number of carbonyl (C=O) groups is 2. The molecule has 2 aliphatic heterocycles. The van der Waals surface area contributed by atoms with Crippen molar-refractivity contribution in [1.29, 1.82) is 0 Å². The normalized spacial score (nSPS) is 18.5. The first-order chi connectivity index (χ1) is 13.8. The zero-order valence-electron chi connectivity index (χ0n) is 15.8. The van der Waals surface area contributed by atoms with E-state index in [1.807, 2.05) is 16.8 Å². The van der Waals surface area contributed by atoms with Crippen molar-refractivity contribution in [2.75, 3.05) is 18.5 Å². The van der Waals surface area contributed by atoms with Crippen molar-refractivity contribution in [2.45, 2.75) is 31.7 Å². The Morgan fingerprint density at radius 3 is 2.72 bits per heavy atom. The van der Waals surface area contributed by atoms with Gasteiger partial charge in [0.25, 0.3) is 11.8 Å². The molecule has 2 aliphatic rings. The molecule has 0 saturated carbocycles. The summed E-state index contributed by atoms with van der Waals surface area (Å²) in [6.07, 6.45) is -2.71. The Hall–Kier alpha value is -3.03. The van der Waals surface area contributed by atoms with Gasteiger partial charge in [0.05, 0.1) is 16.8 Å². The zero-order valence-corrected chi connectivity index (χ0v) is 15.8. The van der Waals surface area contributed by atoms with Crippen molar-refractivity contribution >= 4 is 17.5 Å². The molecule has 152 valence electrons. The first-order valence-electron chi connectivity index (χ1n) is 9.38. The number of halogens is 3. The summed E-state index contributed by atoms with van der Waals surface area (Å²) < 4.78 is 39.4. The van der Waals surface area contributed by atoms with Gasteiger partial charge in [0.15, 0.2) is 0 Å². The summed E-state index contributed by atoms with van der Waals surface area (Å²) in [7, 11) is 1.88. The van der Waals surface area contributed by atoms with E-state index in [9.17, 15) is 22.8 Å². The Kier molecular flexibility index (Phi) is 4.72. The van der Waals surface area contributed by atoms with E-state index in [1.54, 1.807) is 12.1 Å². The maximum atomic E-state index is 13.1. The molecule has 1 N–H and O–H groups in total. The van der Waals surface area contributed by atoms with Gasteiger partial charge >= 0.3 is 6.18 Å². The molecule has 4 rings (SSSR count). The molecule has 2 aromatic carbocycles. The smallest absolute Gasteiger partial charge is 0.354 e. The largest absolute Gasteiger partial charge is 0.416 e. The number of hydrogen-bond acceptors (Lipinski definition) is 3. The third-order valence-corrected chi connectivity index (χ3v) is 5.56. The van der Waals surface area contributed by atoms with Gasteiger partial charge in [0, 0.05) is 25.7 Å². The summed E-state index contributed by atoms with van der Waals surface area (Å²) in [4.78, 5) is 29.0. The van der Waals surface area contributed by atoms with Crippen molar-refractivity contribution in [2.24, 2.45) is 0 Å². The second kappa shape index (κ2) is 7.09. The molecule has 1 saturated heterocycles. The van der Waals surface area contributed by atoms with E-state index in [0.717, 1.165) is 18.9 Å². The van der Waals surface area contributed by atoms with Gasteiger partial charge in [-0.05, 0) is 42.7 Å². The molecule has 29 heavy (non-hydrogen) atoms. The fourth-order valence-corrected chi connectivity index (χ4v) is 4.08. The van der Waals surface area contributed by atoms with Crippen LogP contribution in [0, 0.1) is 0 Å². The van der Waals surface area contributed by atoms with Crippen molar-refractivity contribution in [3.05, 3.63) is 64.7 Å². The van der Waals surface area contributed by atoms with Gasteiger partial charge < -0.3 is 15.1 Å². The fraction of sp³-hybridized carbons (Fsp3) is 0.333. The number of benzene rings is 2. The van der Waals surface area contributed by atoms with E-state index in [2.05, 4.69) is 5.32 Å². The highest BCUT2D eigenvalue weighted by Gasteiger charge is 2.39. The minimum absolute atomic E-state index is 0.000188. The molecule has 1 atom stereocenters. The summed E-state index contributed by atoms with van der Waals surface area (Å²) in [6.45, 7) is 0.477. The molecule has 0 aliphatic carbocycles. The Labute approximate surface area is 166 Å². The van der Waals surface area contributed by atoms with Crippen LogP contribution in [-0.4, -0.2) is 36.5 Å². The van der Waals surface area contributed by atoms with Gasteiger partial charge in [-0.25, -0.2) is 0 Å². The number of carbonyl (C=O) groups excluding carboxylic acids is 2. The van der Waals surface area contributed by atoms with Gasteiger partial charge in [0.1, 0.15) is 6.17 Å². The van der Waals surface area contributed by atoms with E-state index < -0.39 is 17.6 Å². The van der Waals surface area contributed by atoms with E-state index in [1.165, 1.54) is 24.3 Å². The van der Waals surface area contributed by atoms with E-state index >= 15 is 0 Å². The van der Waals surface area contributed by atoms with Gasteiger partial charge in [0.2, 0.25) is 0 Å². The third kappa shape index (κ3) is 3.43.